The van der Waals surface area contributed by atoms with Gasteiger partial charge >= 0.3 is 104 Å². The molecule has 0 aliphatic carbocycles. The van der Waals surface area contributed by atoms with Crippen molar-refractivity contribution in [1.82, 2.24) is 0 Å². The summed E-state index contributed by atoms with van der Waals surface area (Å²) in [7, 11) is -10.8. The topological polar surface area (TPSA) is 139 Å². The molecule has 1 rings (SSSR count). The molecule has 8 nitrogen and oxygen atoms in total. The van der Waals surface area contributed by atoms with E-state index >= 15 is 0 Å². The Kier molecular flexibility index (Phi) is 20.7. The van der Waals surface area contributed by atoms with E-state index in [0.717, 1.165) is 11.3 Å². The van der Waals surface area contributed by atoms with Crippen LogP contribution in [0, 0.1) is 0 Å². The predicted molar refractivity (Wildman–Crippen MR) is 124 cm³/mol. The molecule has 0 heterocycles. The van der Waals surface area contributed by atoms with Crippen molar-refractivity contribution in [2.24, 2.45) is 0 Å². The number of hydrogen-bond donors (Lipinski definition) is 5. The third-order valence-corrected chi connectivity index (χ3v) is 8.14. The van der Waals surface area contributed by atoms with Gasteiger partial charge in [0, 0.05) is 37.0 Å². The van der Waals surface area contributed by atoms with E-state index in [2.05, 4.69) is 0 Å². The first-order chi connectivity index (χ1) is 12.0. The molecule has 0 aliphatic heterocycles. The van der Waals surface area contributed by atoms with Crippen LogP contribution >= 0.6 is 38.4 Å². The van der Waals surface area contributed by atoms with E-state index in [4.69, 9.17) is 42.8 Å². The zero-order chi connectivity index (χ0) is 20.0. The molecule has 5 N–H and O–H groups in total. The van der Waals surface area contributed by atoms with E-state index in [1.165, 1.54) is 0 Å². The summed E-state index contributed by atoms with van der Waals surface area (Å²) in [6.45, 7) is 1.26. The van der Waals surface area contributed by atoms with E-state index in [0.29, 0.717) is 24.8 Å². The molecule has 0 saturated carbocycles. The molecule has 0 atom stereocenters. The number of hydrogen-bond acceptors (Lipinski definition) is 4. The number of anilines is 1. The van der Waals surface area contributed by atoms with Gasteiger partial charge in [-0.25, -0.2) is 0 Å². The predicted octanol–water partition coefficient (Wildman–Crippen LogP) is 0.349. The van der Waals surface area contributed by atoms with Crippen LogP contribution in [0.1, 0.15) is 18.4 Å². The first kappa shape index (κ1) is 36.4. The fourth-order valence-corrected chi connectivity index (χ4v) is 5.10. The SMILES string of the molecule is O=P(O)(O)C(O)(CCCc1ccc(N(CCCl)CCCl)cc1)P(=O)(O)O.[NaH].[NaH].[NaH]. The standard InChI is InChI=1S/C14H23Cl2NO7P2.3Na.3H/c15-8-10-17(11-9-16)13-5-3-12(4-6-13)2-1-7-14(18,25(19,20)21)26(22,23)24;;;;;;/h3-6,18H,1-2,7-11H2,(H2,19,20,21)(H2,22,23,24);;;;;;. The summed E-state index contributed by atoms with van der Waals surface area (Å²) < 4.78 is 22.6. The molecule has 1 aromatic carbocycles. The number of benzene rings is 1. The summed E-state index contributed by atoms with van der Waals surface area (Å²) in [6, 6.07) is 7.26. The minimum atomic E-state index is -5.41. The van der Waals surface area contributed by atoms with Crippen LogP contribution in [-0.4, -0.2) is 143 Å². The van der Waals surface area contributed by atoms with Crippen LogP contribution in [0.4, 0.5) is 5.69 Å². The fraction of sp³-hybridized carbons (Fsp3) is 0.571. The Labute approximate surface area is 247 Å². The molecular weight excluding hydrogens is 496 g/mol. The molecule has 0 aliphatic rings. The average Bonchev–Trinajstić information content (AvgIpc) is 2.53. The maximum absolute atomic E-state index is 11.3. The van der Waals surface area contributed by atoms with Gasteiger partial charge in [0.1, 0.15) is 0 Å². The summed E-state index contributed by atoms with van der Waals surface area (Å²) >= 11 is 11.5. The van der Waals surface area contributed by atoms with Crippen molar-refractivity contribution in [1.29, 1.82) is 0 Å². The number of aliphatic hydroxyl groups is 1. The molecule has 0 radical (unpaired) electrons. The number of alkyl halides is 2. The Hall–Kier alpha value is 2.86. The summed E-state index contributed by atoms with van der Waals surface area (Å²) in [5, 5.41) is 6.48. The zero-order valence-corrected chi connectivity index (χ0v) is 17.2. The van der Waals surface area contributed by atoms with Crippen molar-refractivity contribution >= 4 is 133 Å². The van der Waals surface area contributed by atoms with E-state index < -0.39 is 26.7 Å². The van der Waals surface area contributed by atoms with Gasteiger partial charge in [0.15, 0.2) is 0 Å². The van der Waals surface area contributed by atoms with E-state index in [9.17, 15) is 14.2 Å². The number of rotatable bonds is 11. The third-order valence-electron chi connectivity index (χ3n) is 3.92. The van der Waals surface area contributed by atoms with Crippen LogP contribution < -0.4 is 4.90 Å². The van der Waals surface area contributed by atoms with Gasteiger partial charge < -0.3 is 29.6 Å². The van der Waals surface area contributed by atoms with Crippen LogP contribution in [0.5, 0.6) is 0 Å². The van der Waals surface area contributed by atoms with Gasteiger partial charge in [-0.2, -0.15) is 0 Å². The molecule has 156 valence electrons. The van der Waals surface area contributed by atoms with Gasteiger partial charge in [-0.1, -0.05) is 12.1 Å². The van der Waals surface area contributed by atoms with Gasteiger partial charge in [0.2, 0.25) is 0 Å². The van der Waals surface area contributed by atoms with Crippen LogP contribution in [0.15, 0.2) is 24.3 Å². The summed E-state index contributed by atoms with van der Waals surface area (Å²) in [5.41, 5.74) is 1.71. The quantitative estimate of drug-likeness (QED) is 0.160. The second-order valence-electron chi connectivity index (χ2n) is 5.75. The Bertz CT molecular complexity index is 648. The van der Waals surface area contributed by atoms with Gasteiger partial charge in [0.05, 0.1) is 0 Å². The molecular formula is C14H26Cl2NNa3O7P2. The number of halogens is 2. The molecule has 0 spiro atoms. The second kappa shape index (κ2) is 16.5. The molecule has 0 bridgehead atoms. The van der Waals surface area contributed by atoms with Crippen molar-refractivity contribution in [2.75, 3.05) is 29.7 Å². The summed E-state index contributed by atoms with van der Waals surface area (Å²) in [5.74, 6) is 0.893. The minimum absolute atomic E-state index is 0. The van der Waals surface area contributed by atoms with E-state index in [1.54, 1.807) is 12.1 Å². The molecule has 1 aromatic rings. The maximum atomic E-state index is 11.3. The molecule has 0 amide bonds. The van der Waals surface area contributed by atoms with E-state index in [-0.39, 0.29) is 102 Å². The fourth-order valence-electron chi connectivity index (χ4n) is 2.44. The van der Waals surface area contributed by atoms with Crippen LogP contribution in [0.25, 0.3) is 0 Å². The summed E-state index contributed by atoms with van der Waals surface area (Å²) in [6.07, 6.45) is -0.458. The first-order valence-corrected chi connectivity index (χ1v) is 12.0. The van der Waals surface area contributed by atoms with Gasteiger partial charge in [0.25, 0.3) is 5.08 Å². The third kappa shape index (κ3) is 11.2. The molecule has 0 unspecified atom stereocenters. The van der Waals surface area contributed by atoms with Crippen molar-refractivity contribution in [3.63, 3.8) is 0 Å². The Morgan fingerprint density at radius 3 is 1.62 bits per heavy atom. The van der Waals surface area contributed by atoms with Crippen LogP contribution in [0.3, 0.4) is 0 Å². The summed E-state index contributed by atoms with van der Waals surface area (Å²) in [4.78, 5) is 38.4. The molecule has 0 saturated heterocycles. The number of nitrogens with zero attached hydrogens (tertiary/aromatic N) is 1. The Balaban J connectivity index is -0.00000225. The van der Waals surface area contributed by atoms with Gasteiger partial charge in [-0.05, 0) is 30.5 Å². The molecule has 0 fully saturated rings. The Morgan fingerprint density at radius 1 is 0.862 bits per heavy atom. The van der Waals surface area contributed by atoms with E-state index in [1.807, 2.05) is 17.0 Å². The first-order valence-electron chi connectivity index (χ1n) is 7.76. The van der Waals surface area contributed by atoms with Crippen molar-refractivity contribution in [2.45, 2.75) is 24.3 Å². The number of aryl methyl sites for hydroxylation is 1. The average molecular weight is 522 g/mol. The van der Waals surface area contributed by atoms with Crippen molar-refractivity contribution in [3.05, 3.63) is 29.8 Å². The van der Waals surface area contributed by atoms with Crippen LogP contribution in [-0.2, 0) is 15.6 Å². The molecule has 15 heteroatoms. The molecule has 29 heavy (non-hydrogen) atoms. The van der Waals surface area contributed by atoms with Gasteiger partial charge in [-0.3, -0.25) is 9.13 Å². The van der Waals surface area contributed by atoms with Crippen molar-refractivity contribution in [3.8, 4) is 0 Å². The van der Waals surface area contributed by atoms with Crippen LogP contribution in [0.2, 0.25) is 0 Å². The Morgan fingerprint density at radius 2 is 1.28 bits per heavy atom. The van der Waals surface area contributed by atoms with Gasteiger partial charge in [-0.15, -0.1) is 23.2 Å². The second-order valence-corrected chi connectivity index (χ2v) is 10.5. The normalized spacial score (nSPS) is 11.7. The monoisotopic (exact) mass is 521 g/mol. The zero-order valence-electron chi connectivity index (χ0n) is 13.9. The molecule has 0 aromatic heterocycles. The van der Waals surface area contributed by atoms with Crippen molar-refractivity contribution < 1.29 is 33.8 Å².